The van der Waals surface area contributed by atoms with Crippen molar-refractivity contribution in [1.82, 2.24) is 9.80 Å². The first kappa shape index (κ1) is 17.7. The van der Waals surface area contributed by atoms with Gasteiger partial charge in [-0.25, -0.2) is 8.42 Å². The predicted octanol–water partition coefficient (Wildman–Crippen LogP) is 1.61. The molecule has 1 N–H and O–H groups in total. The number of nitrogens with one attached hydrogen (secondary N) is 1. The molecule has 1 aliphatic heterocycles. The zero-order valence-electron chi connectivity index (χ0n) is 13.9. The van der Waals surface area contributed by atoms with Gasteiger partial charge in [0, 0.05) is 30.4 Å². The lowest BCUT2D eigenvalue weighted by Crippen LogP contribution is -2.47. The van der Waals surface area contributed by atoms with E-state index in [1.165, 1.54) is 0 Å². The van der Waals surface area contributed by atoms with Crippen molar-refractivity contribution in [1.29, 1.82) is 0 Å². The molecule has 7 heteroatoms. The lowest BCUT2D eigenvalue weighted by Gasteiger charge is -2.36. The van der Waals surface area contributed by atoms with Crippen molar-refractivity contribution in [3.63, 3.8) is 0 Å². The summed E-state index contributed by atoms with van der Waals surface area (Å²) in [6, 6.07) is 7.01. The Bertz CT molecular complexity index is 641. The molecule has 1 unspecified atom stereocenters. The first-order chi connectivity index (χ1) is 10.8. The Balaban J connectivity index is 2.05. The molecule has 1 fully saturated rings. The molecule has 1 saturated heterocycles. The van der Waals surface area contributed by atoms with E-state index in [4.69, 9.17) is 0 Å². The highest BCUT2D eigenvalue weighted by molar-refractivity contribution is 7.92. The Hall–Kier alpha value is -1.60. The summed E-state index contributed by atoms with van der Waals surface area (Å²) in [6.45, 7) is 3.08. The van der Waals surface area contributed by atoms with E-state index in [9.17, 15) is 13.2 Å². The molecular weight excluding hydrogens is 314 g/mol. The van der Waals surface area contributed by atoms with Gasteiger partial charge >= 0.3 is 0 Å². The van der Waals surface area contributed by atoms with E-state index in [1.54, 1.807) is 31.2 Å². The van der Waals surface area contributed by atoms with Crippen LogP contribution < -0.4 is 4.72 Å². The van der Waals surface area contributed by atoms with Gasteiger partial charge in [0.2, 0.25) is 10.0 Å². The minimum absolute atomic E-state index is 0.00134. The number of nitrogens with zero attached hydrogens (tertiary/aromatic N) is 2. The fourth-order valence-electron chi connectivity index (χ4n) is 2.68. The number of hydrogen-bond acceptors (Lipinski definition) is 4. The maximum Gasteiger partial charge on any atom is 0.253 e. The van der Waals surface area contributed by atoms with Crippen LogP contribution in [0.1, 0.15) is 30.1 Å². The number of sulfonamides is 1. The van der Waals surface area contributed by atoms with Crippen LogP contribution in [0.2, 0.25) is 0 Å². The summed E-state index contributed by atoms with van der Waals surface area (Å²) in [5, 5.41) is 0. The van der Waals surface area contributed by atoms with Gasteiger partial charge < -0.3 is 9.80 Å². The Labute approximate surface area is 138 Å². The van der Waals surface area contributed by atoms with E-state index in [1.807, 2.05) is 19.0 Å². The molecule has 1 aromatic rings. The number of anilines is 1. The Morgan fingerprint density at radius 3 is 2.52 bits per heavy atom. The van der Waals surface area contributed by atoms with Crippen molar-refractivity contribution in [3.8, 4) is 0 Å². The number of rotatable bonds is 5. The van der Waals surface area contributed by atoms with Gasteiger partial charge in [-0.1, -0.05) is 0 Å². The minimum atomic E-state index is -3.29. The number of carbonyl (C=O) groups excluding carboxylic acids is 1. The molecule has 1 aliphatic rings. The average Bonchev–Trinajstić information content (AvgIpc) is 2.54. The third-order valence-corrected chi connectivity index (χ3v) is 5.51. The van der Waals surface area contributed by atoms with Crippen LogP contribution in [0, 0.1) is 0 Å². The van der Waals surface area contributed by atoms with Crippen LogP contribution in [-0.2, 0) is 10.0 Å². The normalized spacial score (nSPS) is 19.0. The number of hydrogen-bond donors (Lipinski definition) is 1. The summed E-state index contributed by atoms with van der Waals surface area (Å²) < 4.78 is 25.6. The van der Waals surface area contributed by atoms with Crippen molar-refractivity contribution in [3.05, 3.63) is 29.8 Å². The van der Waals surface area contributed by atoms with Crippen molar-refractivity contribution >= 4 is 21.6 Å². The highest BCUT2D eigenvalue weighted by Gasteiger charge is 2.25. The molecule has 2 rings (SSSR count). The molecule has 0 bridgehead atoms. The van der Waals surface area contributed by atoms with Crippen molar-refractivity contribution in [2.75, 3.05) is 37.7 Å². The summed E-state index contributed by atoms with van der Waals surface area (Å²) in [6.07, 6.45) is 2.11. The standard InChI is InChI=1S/C16H25N3O3S/c1-4-23(21,22)17-14-9-7-13(8-10-14)16(20)19-11-5-6-15(12-19)18(2)3/h7-10,15,17H,4-6,11-12H2,1-3H3. The van der Waals surface area contributed by atoms with Crippen LogP contribution >= 0.6 is 0 Å². The molecule has 1 heterocycles. The number of likely N-dealkylation sites (N-methyl/N-ethyl adjacent to an activating group) is 1. The Kier molecular flexibility index (Phi) is 5.64. The molecule has 1 atom stereocenters. The van der Waals surface area contributed by atoms with Gasteiger partial charge in [-0.05, 0) is 58.1 Å². The van der Waals surface area contributed by atoms with Gasteiger partial charge in [0.15, 0.2) is 0 Å². The Morgan fingerprint density at radius 2 is 1.96 bits per heavy atom. The van der Waals surface area contributed by atoms with Crippen LogP contribution in [0.25, 0.3) is 0 Å². The smallest absolute Gasteiger partial charge is 0.253 e. The van der Waals surface area contributed by atoms with E-state index in [0.717, 1.165) is 25.9 Å². The first-order valence-corrected chi connectivity index (χ1v) is 9.54. The van der Waals surface area contributed by atoms with E-state index in [-0.39, 0.29) is 11.7 Å². The highest BCUT2D eigenvalue weighted by atomic mass is 32.2. The summed E-state index contributed by atoms with van der Waals surface area (Å²) in [5.74, 6) is 0.0226. The summed E-state index contributed by atoms with van der Waals surface area (Å²) >= 11 is 0. The second kappa shape index (κ2) is 7.31. The number of carbonyl (C=O) groups is 1. The van der Waals surface area contributed by atoms with E-state index in [0.29, 0.717) is 17.3 Å². The van der Waals surface area contributed by atoms with Gasteiger partial charge in [-0.3, -0.25) is 9.52 Å². The maximum atomic E-state index is 12.6. The van der Waals surface area contributed by atoms with Crippen LogP contribution in [-0.4, -0.2) is 63.1 Å². The second-order valence-corrected chi connectivity index (χ2v) is 8.10. The van der Waals surface area contributed by atoms with Gasteiger partial charge in [-0.2, -0.15) is 0 Å². The van der Waals surface area contributed by atoms with Gasteiger partial charge in [0.25, 0.3) is 5.91 Å². The molecule has 0 aliphatic carbocycles. The van der Waals surface area contributed by atoms with Crippen LogP contribution in [0.4, 0.5) is 5.69 Å². The number of likely N-dealkylation sites (tertiary alicyclic amines) is 1. The lowest BCUT2D eigenvalue weighted by atomic mass is 10.0. The summed E-state index contributed by atoms with van der Waals surface area (Å²) in [5.41, 5.74) is 1.07. The molecule has 1 amide bonds. The quantitative estimate of drug-likeness (QED) is 0.885. The van der Waals surface area contributed by atoms with E-state index < -0.39 is 10.0 Å². The third-order valence-electron chi connectivity index (χ3n) is 4.20. The monoisotopic (exact) mass is 339 g/mol. The topological polar surface area (TPSA) is 69.7 Å². The number of benzene rings is 1. The third kappa shape index (κ3) is 4.68. The molecule has 0 saturated carbocycles. The zero-order chi connectivity index (χ0) is 17.0. The van der Waals surface area contributed by atoms with Gasteiger partial charge in [0.05, 0.1) is 5.75 Å². The number of amides is 1. The Morgan fingerprint density at radius 1 is 1.30 bits per heavy atom. The van der Waals surface area contributed by atoms with Gasteiger partial charge in [0.1, 0.15) is 0 Å². The molecule has 1 aromatic carbocycles. The van der Waals surface area contributed by atoms with Crippen molar-refractivity contribution in [2.24, 2.45) is 0 Å². The second-order valence-electron chi connectivity index (χ2n) is 6.09. The van der Waals surface area contributed by atoms with Crippen LogP contribution in [0.15, 0.2) is 24.3 Å². The predicted molar refractivity (Wildman–Crippen MR) is 92.1 cm³/mol. The maximum absolute atomic E-state index is 12.6. The van der Waals surface area contributed by atoms with E-state index >= 15 is 0 Å². The summed E-state index contributed by atoms with van der Waals surface area (Å²) in [7, 11) is 0.776. The summed E-state index contributed by atoms with van der Waals surface area (Å²) in [4.78, 5) is 16.6. The SMILES string of the molecule is CCS(=O)(=O)Nc1ccc(C(=O)N2CCCC(N(C)C)C2)cc1. The highest BCUT2D eigenvalue weighted by Crippen LogP contribution is 2.18. The van der Waals surface area contributed by atoms with Crippen molar-refractivity contribution < 1.29 is 13.2 Å². The number of piperidine rings is 1. The fraction of sp³-hybridized carbons (Fsp3) is 0.562. The minimum Gasteiger partial charge on any atom is -0.337 e. The molecule has 23 heavy (non-hydrogen) atoms. The molecule has 0 aromatic heterocycles. The zero-order valence-corrected chi connectivity index (χ0v) is 14.8. The molecular formula is C16H25N3O3S. The fourth-order valence-corrected chi connectivity index (χ4v) is 3.32. The molecule has 0 radical (unpaired) electrons. The molecule has 0 spiro atoms. The van der Waals surface area contributed by atoms with Crippen molar-refractivity contribution in [2.45, 2.75) is 25.8 Å². The van der Waals surface area contributed by atoms with E-state index in [2.05, 4.69) is 9.62 Å². The van der Waals surface area contributed by atoms with Crippen LogP contribution in [0.3, 0.4) is 0 Å². The first-order valence-electron chi connectivity index (χ1n) is 7.88. The van der Waals surface area contributed by atoms with Gasteiger partial charge in [-0.15, -0.1) is 0 Å². The van der Waals surface area contributed by atoms with Crippen LogP contribution in [0.5, 0.6) is 0 Å². The molecule has 128 valence electrons. The lowest BCUT2D eigenvalue weighted by molar-refractivity contribution is 0.0635. The average molecular weight is 339 g/mol. The molecule has 6 nitrogen and oxygen atoms in total. The largest absolute Gasteiger partial charge is 0.337 e.